The number of carbonyl (C=O) groups is 3. The normalized spacial score (nSPS) is 14.4. The van der Waals surface area contributed by atoms with Crippen molar-refractivity contribution in [3.05, 3.63) is 114 Å². The van der Waals surface area contributed by atoms with Gasteiger partial charge in [0.25, 0.3) is 6.47 Å². The highest BCUT2D eigenvalue weighted by Gasteiger charge is 2.40. The number of amides is 2. The highest BCUT2D eigenvalue weighted by molar-refractivity contribution is 8.15. The molecule has 278 valence electrons. The molecule has 1 aromatic carbocycles. The van der Waals surface area contributed by atoms with Gasteiger partial charge in [-0.25, -0.2) is 9.38 Å². The summed E-state index contributed by atoms with van der Waals surface area (Å²) >= 11 is 1.35. The molecular weight excluding hydrogens is 656 g/mol. The van der Waals surface area contributed by atoms with Crippen LogP contribution in [0.2, 0.25) is 0 Å². The summed E-state index contributed by atoms with van der Waals surface area (Å²) < 4.78 is 23.4. The fourth-order valence-corrected chi connectivity index (χ4v) is 4.57. The maximum absolute atomic E-state index is 13.5. The quantitative estimate of drug-likeness (QED) is 0.127. The molecule has 1 aromatic heterocycles. The van der Waals surface area contributed by atoms with Gasteiger partial charge in [-0.3, -0.25) is 19.3 Å². The predicted molar refractivity (Wildman–Crippen MR) is 209 cm³/mol. The lowest BCUT2D eigenvalue weighted by atomic mass is 10.1. The average molecular weight is 715 g/mol. The van der Waals surface area contributed by atoms with Gasteiger partial charge in [0.15, 0.2) is 5.17 Å². The minimum atomic E-state index is -0.479. The molecular formula is C39H59FN4O5S. The maximum Gasteiger partial charge on any atom is 0.293 e. The second kappa shape index (κ2) is 34.4. The molecule has 1 aliphatic rings. The van der Waals surface area contributed by atoms with Crippen LogP contribution in [0.25, 0.3) is 0 Å². The first kappa shape index (κ1) is 49.9. The smallest absolute Gasteiger partial charge is 0.293 e. The van der Waals surface area contributed by atoms with Gasteiger partial charge in [0.05, 0.1) is 18.5 Å². The molecule has 1 atom stereocenters. The van der Waals surface area contributed by atoms with Crippen LogP contribution in [0.3, 0.4) is 0 Å². The van der Waals surface area contributed by atoms with E-state index in [0.29, 0.717) is 48.1 Å². The molecule has 1 fully saturated rings. The van der Waals surface area contributed by atoms with Gasteiger partial charge in [0, 0.05) is 0 Å². The van der Waals surface area contributed by atoms with Crippen molar-refractivity contribution in [3.63, 3.8) is 0 Å². The number of aliphatic imine (C=N–C) groups is 1. The lowest BCUT2D eigenvalue weighted by Gasteiger charge is -2.15. The van der Waals surface area contributed by atoms with Crippen molar-refractivity contribution >= 4 is 41.4 Å². The Morgan fingerprint density at radius 2 is 1.82 bits per heavy atom. The van der Waals surface area contributed by atoms with Crippen LogP contribution in [0.1, 0.15) is 80.1 Å². The number of furan rings is 1. The van der Waals surface area contributed by atoms with Crippen LogP contribution in [0.4, 0.5) is 10.1 Å². The number of thioether (sulfide) groups is 1. The van der Waals surface area contributed by atoms with E-state index in [1.807, 2.05) is 86.6 Å². The van der Waals surface area contributed by atoms with Gasteiger partial charge in [-0.2, -0.15) is 0 Å². The molecule has 2 heterocycles. The van der Waals surface area contributed by atoms with Crippen molar-refractivity contribution in [1.29, 1.82) is 0 Å². The first-order chi connectivity index (χ1) is 24.2. The van der Waals surface area contributed by atoms with E-state index in [1.165, 1.54) is 23.9 Å². The molecule has 50 heavy (non-hydrogen) atoms. The van der Waals surface area contributed by atoms with Crippen LogP contribution in [0.15, 0.2) is 106 Å². The molecule has 0 bridgehead atoms. The zero-order valence-electron chi connectivity index (χ0n) is 31.6. The summed E-state index contributed by atoms with van der Waals surface area (Å²) in [6, 6.07) is 7.95. The number of carbonyl (C=O) groups excluding carboxylic acids is 3. The molecule has 3 N–H and O–H groups in total. The number of amidine groups is 1. The fraction of sp³-hybridized carbons (Fsp3) is 0.385. The fourth-order valence-electron chi connectivity index (χ4n) is 3.39. The highest BCUT2D eigenvalue weighted by atomic mass is 32.2. The van der Waals surface area contributed by atoms with Gasteiger partial charge in [-0.1, -0.05) is 82.8 Å². The minimum absolute atomic E-state index is 0.107. The Labute approximate surface area is 304 Å². The SMILES string of the molecule is C/C=C(\C)COC=O.C/C=C\C(=CC/C=C/NC=O)C1SC(=Nc2ccc(F)cc2C)N(Cc2ccco2)C1=O.C=CC.CC.CC.CCN. The largest absolute Gasteiger partial charge is 0.467 e. The van der Waals surface area contributed by atoms with Gasteiger partial charge in [0.1, 0.15) is 23.4 Å². The number of hydrogen-bond donors (Lipinski definition) is 2. The van der Waals surface area contributed by atoms with Crippen molar-refractivity contribution in [2.45, 2.75) is 87.5 Å². The van der Waals surface area contributed by atoms with E-state index >= 15 is 0 Å². The Morgan fingerprint density at radius 3 is 2.32 bits per heavy atom. The third-order valence-corrected chi connectivity index (χ3v) is 6.75. The van der Waals surface area contributed by atoms with Gasteiger partial charge >= 0.3 is 0 Å². The van der Waals surface area contributed by atoms with Crippen LogP contribution in [-0.4, -0.2) is 47.3 Å². The average Bonchev–Trinajstić information content (AvgIpc) is 3.75. The molecule has 2 aromatic rings. The summed E-state index contributed by atoms with van der Waals surface area (Å²) in [5, 5.41) is 2.51. The summed E-state index contributed by atoms with van der Waals surface area (Å²) in [4.78, 5) is 39.6. The van der Waals surface area contributed by atoms with E-state index in [1.54, 1.807) is 54.6 Å². The van der Waals surface area contributed by atoms with E-state index in [4.69, 9.17) is 10.2 Å². The number of hydrogen-bond acceptors (Lipinski definition) is 8. The Hall–Kier alpha value is -4.48. The number of allylic oxidation sites excluding steroid dienone is 6. The second-order valence-corrected chi connectivity index (χ2v) is 10.4. The molecule has 1 unspecified atom stereocenters. The van der Waals surface area contributed by atoms with Crippen LogP contribution in [-0.2, 0) is 25.7 Å². The molecule has 9 nitrogen and oxygen atoms in total. The molecule has 3 rings (SSSR count). The van der Waals surface area contributed by atoms with E-state index in [-0.39, 0.29) is 18.3 Å². The Morgan fingerprint density at radius 1 is 1.18 bits per heavy atom. The first-order valence-corrected chi connectivity index (χ1v) is 17.5. The maximum atomic E-state index is 13.5. The number of nitrogens with one attached hydrogen (secondary N) is 1. The topological polar surface area (TPSA) is 127 Å². The van der Waals surface area contributed by atoms with E-state index in [2.05, 4.69) is 21.6 Å². The molecule has 0 aliphatic carbocycles. The highest BCUT2D eigenvalue weighted by Crippen LogP contribution is 2.36. The van der Waals surface area contributed by atoms with Gasteiger partial charge < -0.3 is 20.2 Å². The van der Waals surface area contributed by atoms with Crippen molar-refractivity contribution in [2.24, 2.45) is 10.7 Å². The standard InChI is InChI=1S/C24H24FN3O3S.C6H10O2.C3H6.C2H7N.2C2H6/c1-3-7-18(8-4-5-12-26-16-29)22-23(30)28(15-20-9-6-13-31-20)24(32-22)27-21-11-10-19(25)14-17(21)2;1-3-6(2)4-8-5-7;1-3-2;1-2-3;2*1-2/h3,5-14,16,22H,4,15H2,1-2H3,(H,26,29);3,5H,4H2,1-2H3;3H,1H2,2H3;2-3H2,1H3;2*1-2H3/b7-3-,12-5+,18-8?,27-24?;6-3+;;;;. The van der Waals surface area contributed by atoms with Crippen molar-refractivity contribution in [3.8, 4) is 0 Å². The number of halogens is 1. The minimum Gasteiger partial charge on any atom is -0.467 e. The molecule has 0 radical (unpaired) electrons. The monoisotopic (exact) mass is 714 g/mol. The van der Waals surface area contributed by atoms with E-state index in [9.17, 15) is 18.8 Å². The Balaban J connectivity index is -0.00000103. The van der Waals surface area contributed by atoms with Crippen LogP contribution < -0.4 is 11.1 Å². The Bertz CT molecular complexity index is 1350. The molecule has 0 spiro atoms. The molecule has 1 saturated heterocycles. The molecule has 1 aliphatic heterocycles. The first-order valence-electron chi connectivity index (χ1n) is 16.6. The lowest BCUT2D eigenvalue weighted by Crippen LogP contribution is -2.32. The summed E-state index contributed by atoms with van der Waals surface area (Å²) in [6.07, 6.45) is 15.4. The molecule has 11 heteroatoms. The Kier molecular flexibility index (Phi) is 34.3. The lowest BCUT2D eigenvalue weighted by molar-refractivity contribution is -0.128. The van der Waals surface area contributed by atoms with Crippen molar-refractivity contribution in [1.82, 2.24) is 10.2 Å². The molecule has 2 amide bonds. The van der Waals surface area contributed by atoms with E-state index < -0.39 is 5.25 Å². The predicted octanol–water partition coefficient (Wildman–Crippen LogP) is 9.35. The van der Waals surface area contributed by atoms with E-state index in [0.717, 1.165) is 17.7 Å². The third-order valence-electron chi connectivity index (χ3n) is 5.52. The summed E-state index contributed by atoms with van der Waals surface area (Å²) in [6.45, 7) is 24.5. The second-order valence-electron chi connectivity index (χ2n) is 9.31. The number of nitrogens with zero attached hydrogens (tertiary/aromatic N) is 2. The molecule has 0 saturated carbocycles. The van der Waals surface area contributed by atoms with Gasteiger partial charge in [-0.05, 0) is 101 Å². The summed E-state index contributed by atoms with van der Waals surface area (Å²) in [7, 11) is 0. The zero-order valence-corrected chi connectivity index (χ0v) is 32.4. The van der Waals surface area contributed by atoms with Crippen molar-refractivity contribution < 1.29 is 27.9 Å². The van der Waals surface area contributed by atoms with Crippen LogP contribution in [0, 0.1) is 12.7 Å². The third kappa shape index (κ3) is 22.2. The summed E-state index contributed by atoms with van der Waals surface area (Å²) in [5.41, 5.74) is 8.04. The van der Waals surface area contributed by atoms with Gasteiger partial charge in [-0.15, -0.1) is 6.58 Å². The zero-order chi connectivity index (χ0) is 38.7. The number of ether oxygens (including phenoxy) is 1. The number of benzene rings is 1. The van der Waals surface area contributed by atoms with Crippen LogP contribution >= 0.6 is 11.8 Å². The van der Waals surface area contributed by atoms with Crippen LogP contribution in [0.5, 0.6) is 0 Å². The number of aryl methyl sites for hydroxylation is 1. The summed E-state index contributed by atoms with van der Waals surface area (Å²) in [5.74, 6) is 0.203. The number of nitrogens with two attached hydrogens (primary N) is 1. The van der Waals surface area contributed by atoms with Gasteiger partial charge in [0.2, 0.25) is 12.3 Å². The number of rotatable bonds is 12. The van der Waals surface area contributed by atoms with Crippen molar-refractivity contribution in [2.75, 3.05) is 13.2 Å².